The van der Waals surface area contributed by atoms with Gasteiger partial charge in [0.05, 0.1) is 18.8 Å². The summed E-state index contributed by atoms with van der Waals surface area (Å²) in [6.07, 6.45) is 7.93. The maximum atomic E-state index is 12.1. The van der Waals surface area contributed by atoms with Gasteiger partial charge in [0.15, 0.2) is 6.61 Å². The van der Waals surface area contributed by atoms with E-state index < -0.39 is 5.97 Å². The highest BCUT2D eigenvalue weighted by Crippen LogP contribution is 2.19. The monoisotopic (exact) mass is 386 g/mol. The number of nitrogens with one attached hydrogen (secondary N) is 1. The first-order valence-electron chi connectivity index (χ1n) is 10.2. The van der Waals surface area contributed by atoms with Crippen LogP contribution in [0.3, 0.4) is 0 Å². The first kappa shape index (κ1) is 20.6. The number of benzene rings is 1. The SMILES string of the molecule is O=C(COC(=O)c1ccc(CN2CCOCC2)cc1)NCCC1=CCCCC1. The summed E-state index contributed by atoms with van der Waals surface area (Å²) in [7, 11) is 0. The molecule has 6 nitrogen and oxygen atoms in total. The molecule has 0 aromatic heterocycles. The van der Waals surface area contributed by atoms with E-state index in [1.54, 1.807) is 12.1 Å². The van der Waals surface area contributed by atoms with Gasteiger partial charge in [-0.1, -0.05) is 23.8 Å². The highest BCUT2D eigenvalue weighted by Gasteiger charge is 2.13. The third-order valence-electron chi connectivity index (χ3n) is 5.19. The Morgan fingerprint density at radius 3 is 2.61 bits per heavy atom. The predicted molar refractivity (Wildman–Crippen MR) is 107 cm³/mol. The largest absolute Gasteiger partial charge is 0.452 e. The second-order valence-electron chi connectivity index (χ2n) is 7.37. The summed E-state index contributed by atoms with van der Waals surface area (Å²) in [6.45, 7) is 4.59. The van der Waals surface area contributed by atoms with E-state index in [4.69, 9.17) is 9.47 Å². The standard InChI is InChI=1S/C22H30N2O4/c25-21(23-11-10-18-4-2-1-3-5-18)17-28-22(26)20-8-6-19(7-9-20)16-24-12-14-27-15-13-24/h4,6-9H,1-3,5,10-17H2,(H,23,25). The van der Waals surface area contributed by atoms with E-state index >= 15 is 0 Å². The van der Waals surface area contributed by atoms with Crippen molar-refractivity contribution in [1.82, 2.24) is 10.2 Å². The Morgan fingerprint density at radius 1 is 1.11 bits per heavy atom. The van der Waals surface area contributed by atoms with Crippen molar-refractivity contribution in [2.75, 3.05) is 39.5 Å². The van der Waals surface area contributed by atoms with Gasteiger partial charge in [-0.05, 0) is 49.8 Å². The molecule has 1 aliphatic carbocycles. The average Bonchev–Trinajstić information content (AvgIpc) is 2.74. The van der Waals surface area contributed by atoms with Crippen LogP contribution in [-0.4, -0.2) is 56.2 Å². The van der Waals surface area contributed by atoms with Crippen molar-refractivity contribution in [3.05, 3.63) is 47.0 Å². The van der Waals surface area contributed by atoms with Crippen molar-refractivity contribution < 1.29 is 19.1 Å². The van der Waals surface area contributed by atoms with Crippen LogP contribution < -0.4 is 5.32 Å². The summed E-state index contributed by atoms with van der Waals surface area (Å²) < 4.78 is 10.5. The van der Waals surface area contributed by atoms with Crippen LogP contribution in [0, 0.1) is 0 Å². The van der Waals surface area contributed by atoms with E-state index in [-0.39, 0.29) is 12.5 Å². The van der Waals surface area contributed by atoms with Gasteiger partial charge in [-0.3, -0.25) is 9.69 Å². The predicted octanol–water partition coefficient (Wildman–Crippen LogP) is 2.68. The van der Waals surface area contributed by atoms with Gasteiger partial charge in [0.25, 0.3) is 5.91 Å². The van der Waals surface area contributed by atoms with Gasteiger partial charge in [0.2, 0.25) is 0 Å². The van der Waals surface area contributed by atoms with Crippen molar-refractivity contribution in [3.8, 4) is 0 Å². The molecule has 0 bridgehead atoms. The molecule has 1 amide bonds. The molecule has 6 heteroatoms. The zero-order chi connectivity index (χ0) is 19.6. The molecule has 1 heterocycles. The first-order chi connectivity index (χ1) is 13.7. The number of amides is 1. The Labute approximate surface area is 166 Å². The average molecular weight is 386 g/mol. The van der Waals surface area contributed by atoms with Gasteiger partial charge in [-0.2, -0.15) is 0 Å². The number of rotatable bonds is 8. The molecule has 28 heavy (non-hydrogen) atoms. The topological polar surface area (TPSA) is 67.9 Å². The minimum atomic E-state index is -0.469. The van der Waals surface area contributed by atoms with Gasteiger partial charge < -0.3 is 14.8 Å². The van der Waals surface area contributed by atoms with Gasteiger partial charge in [0, 0.05) is 26.2 Å². The molecule has 152 valence electrons. The number of ether oxygens (including phenoxy) is 2. The third-order valence-corrected chi connectivity index (χ3v) is 5.19. The summed E-state index contributed by atoms with van der Waals surface area (Å²) in [6, 6.07) is 7.38. The van der Waals surface area contributed by atoms with Crippen LogP contribution in [0.1, 0.15) is 48.0 Å². The number of allylic oxidation sites excluding steroid dienone is 1. The van der Waals surface area contributed by atoms with Crippen LogP contribution in [-0.2, 0) is 20.8 Å². The Kier molecular flexibility index (Phi) is 8.06. The van der Waals surface area contributed by atoms with Gasteiger partial charge in [-0.15, -0.1) is 0 Å². The molecule has 0 saturated carbocycles. The number of nitrogens with zero attached hydrogens (tertiary/aromatic N) is 1. The highest BCUT2D eigenvalue weighted by molar-refractivity contribution is 5.91. The second-order valence-corrected chi connectivity index (χ2v) is 7.37. The molecular formula is C22H30N2O4. The second kappa shape index (κ2) is 11.0. The molecule has 1 aromatic carbocycles. The van der Waals surface area contributed by atoms with Crippen LogP contribution in [0.15, 0.2) is 35.9 Å². The van der Waals surface area contributed by atoms with Crippen LogP contribution in [0.2, 0.25) is 0 Å². The lowest BCUT2D eigenvalue weighted by Gasteiger charge is -2.26. The van der Waals surface area contributed by atoms with E-state index in [9.17, 15) is 9.59 Å². The minimum absolute atomic E-state index is 0.243. The number of hydrogen-bond acceptors (Lipinski definition) is 5. The normalized spacial score (nSPS) is 17.6. The number of carbonyl (C=O) groups is 2. The van der Waals surface area contributed by atoms with E-state index in [1.807, 2.05) is 12.1 Å². The van der Waals surface area contributed by atoms with E-state index in [2.05, 4.69) is 16.3 Å². The number of hydrogen-bond donors (Lipinski definition) is 1. The van der Waals surface area contributed by atoms with Crippen LogP contribution >= 0.6 is 0 Å². The molecule has 1 aromatic rings. The molecule has 1 fully saturated rings. The number of carbonyl (C=O) groups excluding carboxylic acids is 2. The molecule has 3 rings (SSSR count). The highest BCUT2D eigenvalue weighted by atomic mass is 16.5. The third kappa shape index (κ3) is 6.77. The quantitative estimate of drug-likeness (QED) is 0.550. The fraction of sp³-hybridized carbons (Fsp3) is 0.545. The van der Waals surface area contributed by atoms with E-state index in [1.165, 1.54) is 18.4 Å². The molecule has 1 N–H and O–H groups in total. The molecule has 0 unspecified atom stereocenters. The lowest BCUT2D eigenvalue weighted by atomic mass is 9.97. The van der Waals surface area contributed by atoms with Gasteiger partial charge >= 0.3 is 5.97 Å². The van der Waals surface area contributed by atoms with Crippen molar-refractivity contribution >= 4 is 11.9 Å². The summed E-state index contributed by atoms with van der Waals surface area (Å²) in [5.41, 5.74) is 3.03. The smallest absolute Gasteiger partial charge is 0.338 e. The lowest BCUT2D eigenvalue weighted by Crippen LogP contribution is -2.35. The molecule has 2 aliphatic rings. The Morgan fingerprint density at radius 2 is 1.89 bits per heavy atom. The summed E-state index contributed by atoms with van der Waals surface area (Å²) in [4.78, 5) is 26.3. The molecule has 0 atom stereocenters. The first-order valence-corrected chi connectivity index (χ1v) is 10.2. The maximum Gasteiger partial charge on any atom is 0.338 e. The summed E-state index contributed by atoms with van der Waals surface area (Å²) in [5.74, 6) is -0.725. The van der Waals surface area contributed by atoms with E-state index in [0.717, 1.165) is 57.7 Å². The summed E-state index contributed by atoms with van der Waals surface area (Å²) in [5, 5.41) is 2.82. The minimum Gasteiger partial charge on any atom is -0.452 e. The zero-order valence-electron chi connectivity index (χ0n) is 16.5. The van der Waals surface area contributed by atoms with Gasteiger partial charge in [0.1, 0.15) is 0 Å². The molecule has 1 aliphatic heterocycles. The Balaban J connectivity index is 1.35. The molecule has 0 radical (unpaired) electrons. The Hall–Kier alpha value is -2.18. The maximum absolute atomic E-state index is 12.1. The molecule has 1 saturated heterocycles. The number of morpholine rings is 1. The fourth-order valence-corrected chi connectivity index (χ4v) is 3.52. The zero-order valence-corrected chi connectivity index (χ0v) is 16.5. The fourth-order valence-electron chi connectivity index (χ4n) is 3.52. The van der Waals surface area contributed by atoms with Crippen LogP contribution in [0.25, 0.3) is 0 Å². The van der Waals surface area contributed by atoms with E-state index in [0.29, 0.717) is 12.1 Å². The summed E-state index contributed by atoms with van der Waals surface area (Å²) >= 11 is 0. The Bertz CT molecular complexity index is 678. The van der Waals surface area contributed by atoms with Crippen LogP contribution in [0.4, 0.5) is 0 Å². The molecule has 0 spiro atoms. The van der Waals surface area contributed by atoms with Gasteiger partial charge in [-0.25, -0.2) is 4.79 Å². The van der Waals surface area contributed by atoms with Crippen molar-refractivity contribution in [2.45, 2.75) is 38.6 Å². The van der Waals surface area contributed by atoms with Crippen molar-refractivity contribution in [3.63, 3.8) is 0 Å². The molecular weight excluding hydrogens is 356 g/mol. The van der Waals surface area contributed by atoms with Crippen molar-refractivity contribution in [1.29, 1.82) is 0 Å². The lowest BCUT2D eigenvalue weighted by molar-refractivity contribution is -0.124. The van der Waals surface area contributed by atoms with Crippen LogP contribution in [0.5, 0.6) is 0 Å². The van der Waals surface area contributed by atoms with Crippen molar-refractivity contribution in [2.24, 2.45) is 0 Å². The number of esters is 1.